The van der Waals surface area contributed by atoms with Crippen molar-refractivity contribution in [1.29, 1.82) is 0 Å². The zero-order chi connectivity index (χ0) is 18.0. The molecule has 0 fully saturated rings. The molecular weight excluding hydrogens is 326 g/mol. The average Bonchev–Trinajstić information content (AvgIpc) is 3.05. The first-order valence-electron chi connectivity index (χ1n) is 7.14. The molecule has 0 bridgehead atoms. The summed E-state index contributed by atoms with van der Waals surface area (Å²) in [6, 6.07) is 8.28. The number of hydrogen-bond acceptors (Lipinski definition) is 7. The van der Waals surface area contributed by atoms with Gasteiger partial charge in [0.05, 0.1) is 4.92 Å². The summed E-state index contributed by atoms with van der Waals surface area (Å²) in [6.45, 7) is 1.77. The molecule has 3 aromatic rings. The number of nitro groups is 1. The minimum atomic E-state index is -0.543. The second kappa shape index (κ2) is 6.35. The van der Waals surface area contributed by atoms with E-state index in [1.54, 1.807) is 37.3 Å². The van der Waals surface area contributed by atoms with Gasteiger partial charge in [0.1, 0.15) is 18.2 Å². The summed E-state index contributed by atoms with van der Waals surface area (Å²) in [4.78, 5) is 29.8. The molecule has 1 amide bonds. The number of benzene rings is 1. The summed E-state index contributed by atoms with van der Waals surface area (Å²) in [5.74, 6) is 0.170. The minimum absolute atomic E-state index is 0.151. The molecular formula is C15H13N7O3. The molecule has 0 aliphatic heterocycles. The molecule has 126 valence electrons. The summed E-state index contributed by atoms with van der Waals surface area (Å²) in [5.41, 5.74) is 6.80. The molecule has 0 aliphatic rings. The van der Waals surface area contributed by atoms with Crippen molar-refractivity contribution in [2.45, 2.75) is 6.92 Å². The molecule has 0 radical (unpaired) electrons. The van der Waals surface area contributed by atoms with Crippen LogP contribution in [0.2, 0.25) is 0 Å². The maximum absolute atomic E-state index is 11.1. The van der Waals surface area contributed by atoms with Crippen LogP contribution in [0, 0.1) is 17.0 Å². The molecule has 3 rings (SSSR count). The van der Waals surface area contributed by atoms with Crippen LogP contribution in [-0.2, 0) is 0 Å². The Labute approximate surface area is 141 Å². The van der Waals surface area contributed by atoms with Crippen molar-refractivity contribution in [3.05, 3.63) is 64.1 Å². The summed E-state index contributed by atoms with van der Waals surface area (Å²) in [7, 11) is 0. The van der Waals surface area contributed by atoms with Gasteiger partial charge in [0.25, 0.3) is 5.95 Å². The first-order chi connectivity index (χ1) is 11.9. The van der Waals surface area contributed by atoms with Crippen LogP contribution in [0.25, 0.3) is 5.95 Å². The molecule has 0 saturated carbocycles. The van der Waals surface area contributed by atoms with E-state index in [0.29, 0.717) is 22.8 Å². The van der Waals surface area contributed by atoms with Gasteiger partial charge < -0.3 is 11.1 Å². The Bertz CT molecular complexity index is 950. The third kappa shape index (κ3) is 3.58. The fourth-order valence-corrected chi connectivity index (χ4v) is 2.10. The maximum atomic E-state index is 11.1. The van der Waals surface area contributed by atoms with Gasteiger partial charge in [-0.1, -0.05) is 0 Å². The van der Waals surface area contributed by atoms with Crippen LogP contribution in [-0.4, -0.2) is 30.6 Å². The first-order valence-corrected chi connectivity index (χ1v) is 7.14. The van der Waals surface area contributed by atoms with Gasteiger partial charge in [-0.3, -0.25) is 14.9 Å². The third-order valence-corrected chi connectivity index (χ3v) is 3.27. The second-order valence-corrected chi connectivity index (χ2v) is 5.16. The van der Waals surface area contributed by atoms with E-state index in [0.717, 1.165) is 6.20 Å². The summed E-state index contributed by atoms with van der Waals surface area (Å²) in [6.07, 6.45) is 2.36. The van der Waals surface area contributed by atoms with Gasteiger partial charge in [0.15, 0.2) is 0 Å². The van der Waals surface area contributed by atoms with E-state index in [1.165, 1.54) is 10.9 Å². The lowest BCUT2D eigenvalue weighted by Gasteiger charge is -2.08. The number of aromatic nitrogens is 4. The maximum Gasteiger partial charge on any atom is 0.307 e. The van der Waals surface area contributed by atoms with Crippen molar-refractivity contribution in [3.63, 3.8) is 0 Å². The number of primary amides is 1. The Balaban J connectivity index is 1.88. The van der Waals surface area contributed by atoms with Crippen molar-refractivity contribution in [2.75, 3.05) is 5.32 Å². The predicted molar refractivity (Wildman–Crippen MR) is 88.8 cm³/mol. The first kappa shape index (κ1) is 16.1. The van der Waals surface area contributed by atoms with E-state index in [9.17, 15) is 14.9 Å². The Hall–Kier alpha value is -3.82. The summed E-state index contributed by atoms with van der Waals surface area (Å²) < 4.78 is 1.23. The molecule has 0 unspecified atom stereocenters. The van der Waals surface area contributed by atoms with Gasteiger partial charge in [0, 0.05) is 23.0 Å². The van der Waals surface area contributed by atoms with Crippen molar-refractivity contribution in [2.24, 2.45) is 5.73 Å². The second-order valence-electron chi connectivity index (χ2n) is 5.16. The molecule has 0 atom stereocenters. The van der Waals surface area contributed by atoms with Gasteiger partial charge in [0.2, 0.25) is 5.91 Å². The zero-order valence-corrected chi connectivity index (χ0v) is 13.1. The van der Waals surface area contributed by atoms with Crippen LogP contribution in [0.3, 0.4) is 0 Å². The highest BCUT2D eigenvalue weighted by atomic mass is 16.6. The normalized spacial score (nSPS) is 10.4. The van der Waals surface area contributed by atoms with Crippen molar-refractivity contribution < 1.29 is 9.72 Å². The Kier molecular flexibility index (Phi) is 4.08. The van der Waals surface area contributed by atoms with Crippen LogP contribution >= 0.6 is 0 Å². The number of anilines is 2. The van der Waals surface area contributed by atoms with E-state index >= 15 is 0 Å². The van der Waals surface area contributed by atoms with Gasteiger partial charge in [-0.15, -0.1) is 0 Å². The highest BCUT2D eigenvalue weighted by Crippen LogP contribution is 2.18. The number of nitrogens with one attached hydrogen (secondary N) is 1. The lowest BCUT2D eigenvalue weighted by molar-refractivity contribution is -0.384. The Morgan fingerprint density at radius 1 is 1.28 bits per heavy atom. The Morgan fingerprint density at radius 3 is 2.60 bits per heavy atom. The molecule has 2 aromatic heterocycles. The van der Waals surface area contributed by atoms with Gasteiger partial charge in [-0.05, 0) is 31.2 Å². The van der Waals surface area contributed by atoms with Crippen LogP contribution < -0.4 is 11.1 Å². The number of carbonyl (C=O) groups excluding carboxylic acids is 1. The number of rotatable bonds is 5. The number of nitrogens with zero attached hydrogens (tertiary/aromatic N) is 5. The quantitative estimate of drug-likeness (QED) is 0.532. The molecule has 25 heavy (non-hydrogen) atoms. The zero-order valence-electron chi connectivity index (χ0n) is 13.1. The predicted octanol–water partition coefficient (Wildman–Crippen LogP) is 1.72. The lowest BCUT2D eigenvalue weighted by atomic mass is 10.2. The smallest absolute Gasteiger partial charge is 0.307 e. The summed E-state index contributed by atoms with van der Waals surface area (Å²) >= 11 is 0. The van der Waals surface area contributed by atoms with E-state index in [-0.39, 0.29) is 11.6 Å². The highest BCUT2D eigenvalue weighted by Gasteiger charge is 2.12. The molecule has 0 spiro atoms. The van der Waals surface area contributed by atoms with Crippen molar-refractivity contribution >= 4 is 23.1 Å². The standard InChI is InChI=1S/C15H13N7O3/c1-9-6-13(19-11-4-2-10(3-5-11)14(16)23)20-15(18-9)21-8-12(7-17-21)22(24)25/h2-8H,1H3,(H2,16,23)(H,18,19,20). The summed E-state index contributed by atoms with van der Waals surface area (Å²) in [5, 5.41) is 17.7. The fourth-order valence-electron chi connectivity index (χ4n) is 2.10. The molecule has 10 heteroatoms. The van der Waals surface area contributed by atoms with E-state index in [2.05, 4.69) is 20.4 Å². The average molecular weight is 339 g/mol. The SMILES string of the molecule is Cc1cc(Nc2ccc(C(N)=O)cc2)nc(-n2cc([N+](=O)[O-])cn2)n1. The number of nitrogens with two attached hydrogens (primary N) is 1. The van der Waals surface area contributed by atoms with Crippen LogP contribution in [0.5, 0.6) is 0 Å². The topological polar surface area (TPSA) is 142 Å². The van der Waals surface area contributed by atoms with E-state index < -0.39 is 10.8 Å². The molecule has 0 aliphatic carbocycles. The highest BCUT2D eigenvalue weighted by molar-refractivity contribution is 5.93. The van der Waals surface area contributed by atoms with Gasteiger partial charge in [-0.25, -0.2) is 4.98 Å². The minimum Gasteiger partial charge on any atom is -0.366 e. The number of carbonyl (C=O) groups is 1. The Morgan fingerprint density at radius 2 is 2.00 bits per heavy atom. The van der Waals surface area contributed by atoms with Crippen LogP contribution in [0.4, 0.5) is 17.2 Å². The van der Waals surface area contributed by atoms with Crippen LogP contribution in [0.15, 0.2) is 42.7 Å². The molecule has 1 aromatic carbocycles. The fraction of sp³-hybridized carbons (Fsp3) is 0.0667. The van der Waals surface area contributed by atoms with Crippen molar-refractivity contribution in [3.8, 4) is 5.95 Å². The van der Waals surface area contributed by atoms with Gasteiger partial charge in [-0.2, -0.15) is 14.8 Å². The number of amides is 1. The molecule has 10 nitrogen and oxygen atoms in total. The third-order valence-electron chi connectivity index (χ3n) is 3.27. The number of aryl methyl sites for hydroxylation is 1. The lowest BCUT2D eigenvalue weighted by Crippen LogP contribution is -2.10. The van der Waals surface area contributed by atoms with E-state index in [4.69, 9.17) is 5.73 Å². The molecule has 0 saturated heterocycles. The molecule has 3 N–H and O–H groups in total. The largest absolute Gasteiger partial charge is 0.366 e. The van der Waals surface area contributed by atoms with E-state index in [1.807, 2.05) is 0 Å². The number of hydrogen-bond donors (Lipinski definition) is 2. The van der Waals surface area contributed by atoms with Gasteiger partial charge >= 0.3 is 5.69 Å². The van der Waals surface area contributed by atoms with Crippen LogP contribution in [0.1, 0.15) is 16.1 Å². The monoisotopic (exact) mass is 339 g/mol. The molecule has 2 heterocycles. The van der Waals surface area contributed by atoms with Crippen molar-refractivity contribution in [1.82, 2.24) is 19.7 Å².